The zero-order valence-corrected chi connectivity index (χ0v) is 10.7. The molecule has 1 saturated heterocycles. The van der Waals surface area contributed by atoms with Gasteiger partial charge < -0.3 is 5.11 Å². The van der Waals surface area contributed by atoms with Crippen LogP contribution in [-0.2, 0) is 0 Å². The molecule has 3 rings (SSSR count). The maximum absolute atomic E-state index is 11.3. The average Bonchev–Trinajstić information content (AvgIpc) is 2.83. The van der Waals surface area contributed by atoms with E-state index in [-0.39, 0.29) is 0 Å². The van der Waals surface area contributed by atoms with Crippen molar-refractivity contribution in [2.75, 3.05) is 5.75 Å². The van der Waals surface area contributed by atoms with Gasteiger partial charge in [0.15, 0.2) is 0 Å². The third kappa shape index (κ3) is 1.88. The molecule has 1 unspecified atom stereocenters. The quantitative estimate of drug-likeness (QED) is 0.904. The number of pyridine rings is 1. The number of aromatic carboxylic acids is 1. The zero-order valence-electron chi connectivity index (χ0n) is 9.87. The molecule has 18 heavy (non-hydrogen) atoms. The summed E-state index contributed by atoms with van der Waals surface area (Å²) in [6.45, 7) is 0. The van der Waals surface area contributed by atoms with E-state index in [2.05, 4.69) is 4.98 Å². The molecule has 0 saturated carbocycles. The highest BCUT2D eigenvalue weighted by Crippen LogP contribution is 2.38. The molecule has 0 spiro atoms. The molecule has 2 aromatic heterocycles. The predicted octanol–water partition coefficient (Wildman–Crippen LogP) is 2.99. The highest BCUT2D eigenvalue weighted by molar-refractivity contribution is 7.99. The van der Waals surface area contributed by atoms with Crippen LogP contribution < -0.4 is 0 Å². The molecule has 1 N–H and O–H groups in total. The minimum absolute atomic E-state index is 0.297. The van der Waals surface area contributed by atoms with E-state index in [9.17, 15) is 9.90 Å². The smallest absolute Gasteiger partial charge is 0.352 e. The molecule has 2 aromatic rings. The summed E-state index contributed by atoms with van der Waals surface area (Å²) in [5, 5.41) is 9.59. The number of aromatic nitrogens is 2. The van der Waals surface area contributed by atoms with Gasteiger partial charge in [0.25, 0.3) is 0 Å². The lowest BCUT2D eigenvalue weighted by molar-refractivity contribution is 0.0688. The molecule has 1 atom stereocenters. The van der Waals surface area contributed by atoms with Gasteiger partial charge in [-0.1, -0.05) is 12.5 Å². The van der Waals surface area contributed by atoms with E-state index in [0.29, 0.717) is 10.9 Å². The number of thioether (sulfide) groups is 1. The van der Waals surface area contributed by atoms with E-state index < -0.39 is 5.97 Å². The number of nitrogens with zero attached hydrogens (tertiary/aromatic N) is 2. The van der Waals surface area contributed by atoms with E-state index in [0.717, 1.165) is 23.5 Å². The summed E-state index contributed by atoms with van der Waals surface area (Å²) >= 11 is 1.88. The molecule has 1 fully saturated rings. The maximum atomic E-state index is 11.3. The van der Waals surface area contributed by atoms with Crippen LogP contribution in [0.2, 0.25) is 0 Å². The Morgan fingerprint density at radius 3 is 3.06 bits per heavy atom. The van der Waals surface area contributed by atoms with Gasteiger partial charge in [-0.25, -0.2) is 9.78 Å². The largest absolute Gasteiger partial charge is 0.477 e. The second-order valence-electron chi connectivity index (χ2n) is 4.45. The Kier molecular flexibility index (Phi) is 2.99. The molecule has 4 nitrogen and oxygen atoms in total. The molecule has 3 heterocycles. The number of hydrogen-bond acceptors (Lipinski definition) is 3. The van der Waals surface area contributed by atoms with Crippen LogP contribution in [0.3, 0.4) is 0 Å². The maximum Gasteiger partial charge on any atom is 0.352 e. The van der Waals surface area contributed by atoms with Crippen LogP contribution in [0.5, 0.6) is 0 Å². The molecule has 0 aliphatic carbocycles. The second-order valence-corrected chi connectivity index (χ2v) is 5.76. The van der Waals surface area contributed by atoms with Gasteiger partial charge in [-0.15, -0.1) is 0 Å². The summed E-state index contributed by atoms with van der Waals surface area (Å²) < 4.78 is 1.78. The topological polar surface area (TPSA) is 54.6 Å². The van der Waals surface area contributed by atoms with Crippen molar-refractivity contribution in [2.45, 2.75) is 24.5 Å². The van der Waals surface area contributed by atoms with Gasteiger partial charge in [-0.05, 0) is 30.7 Å². The molecule has 0 radical (unpaired) electrons. The fourth-order valence-electron chi connectivity index (χ4n) is 2.41. The normalized spacial score (nSPS) is 20.1. The molecule has 94 valence electrons. The van der Waals surface area contributed by atoms with E-state index in [1.54, 1.807) is 22.7 Å². The Hall–Kier alpha value is -1.49. The van der Waals surface area contributed by atoms with Gasteiger partial charge in [0.2, 0.25) is 0 Å². The summed E-state index contributed by atoms with van der Waals surface area (Å²) in [7, 11) is 0. The second kappa shape index (κ2) is 4.65. The first-order valence-electron chi connectivity index (χ1n) is 6.08. The summed E-state index contributed by atoms with van der Waals surface area (Å²) in [6, 6.07) is 5.29. The van der Waals surface area contributed by atoms with E-state index in [1.807, 2.05) is 17.8 Å². The monoisotopic (exact) mass is 262 g/mol. The molecular weight excluding hydrogens is 248 g/mol. The van der Waals surface area contributed by atoms with E-state index in [4.69, 9.17) is 0 Å². The Morgan fingerprint density at radius 1 is 1.44 bits per heavy atom. The number of imidazole rings is 1. The number of fused-ring (bicyclic) bond motifs is 1. The summed E-state index contributed by atoms with van der Waals surface area (Å²) in [6.07, 6.45) is 5.28. The van der Waals surface area contributed by atoms with Crippen LogP contribution in [0.15, 0.2) is 24.4 Å². The Bertz CT molecular complexity index is 588. The van der Waals surface area contributed by atoms with Crippen LogP contribution in [-0.4, -0.2) is 26.2 Å². The lowest BCUT2D eigenvalue weighted by atomic mass is 10.2. The average molecular weight is 262 g/mol. The van der Waals surface area contributed by atoms with Gasteiger partial charge >= 0.3 is 5.97 Å². The molecule has 1 aliphatic rings. The molecule has 0 aromatic carbocycles. The van der Waals surface area contributed by atoms with Crippen LogP contribution in [0.1, 0.15) is 40.8 Å². The standard InChI is InChI=1S/C13H14N2O2S/c16-13(17)10-5-3-4-9-8-14-12(15(9)10)11-6-1-2-7-18-11/h3-5,8,11H,1-2,6-7H2,(H,16,17). The van der Waals surface area contributed by atoms with Crippen molar-refractivity contribution in [1.29, 1.82) is 0 Å². The van der Waals surface area contributed by atoms with Crippen molar-refractivity contribution in [3.63, 3.8) is 0 Å². The number of carboxylic acids is 1. The minimum atomic E-state index is -0.902. The van der Waals surface area contributed by atoms with Gasteiger partial charge in [0.1, 0.15) is 11.5 Å². The first kappa shape index (κ1) is 11.6. The van der Waals surface area contributed by atoms with Gasteiger partial charge in [0, 0.05) is 0 Å². The van der Waals surface area contributed by atoms with E-state index >= 15 is 0 Å². The number of rotatable bonds is 2. The van der Waals surface area contributed by atoms with Crippen LogP contribution >= 0.6 is 11.8 Å². The molecule has 5 heteroatoms. The molecule has 0 amide bonds. The van der Waals surface area contributed by atoms with Crippen LogP contribution in [0.25, 0.3) is 5.52 Å². The zero-order chi connectivity index (χ0) is 12.5. The third-order valence-electron chi connectivity index (χ3n) is 3.27. The van der Waals surface area contributed by atoms with Crippen molar-refractivity contribution in [3.8, 4) is 0 Å². The number of hydrogen-bond donors (Lipinski definition) is 1. The molecular formula is C13H14N2O2S. The minimum Gasteiger partial charge on any atom is -0.477 e. The predicted molar refractivity (Wildman–Crippen MR) is 71.2 cm³/mol. The lowest BCUT2D eigenvalue weighted by Gasteiger charge is -2.20. The third-order valence-corrected chi connectivity index (χ3v) is 4.64. The SMILES string of the molecule is O=C(O)c1cccc2cnc(C3CCCCS3)n12. The number of carboxylic acid groups (broad SMARTS) is 1. The van der Waals surface area contributed by atoms with Gasteiger partial charge in [-0.3, -0.25) is 4.40 Å². The van der Waals surface area contributed by atoms with Crippen molar-refractivity contribution < 1.29 is 9.90 Å². The van der Waals surface area contributed by atoms with Crippen molar-refractivity contribution in [3.05, 3.63) is 35.9 Å². The van der Waals surface area contributed by atoms with Gasteiger partial charge in [-0.2, -0.15) is 11.8 Å². The summed E-state index contributed by atoms with van der Waals surface area (Å²) in [5.74, 6) is 1.11. The summed E-state index contributed by atoms with van der Waals surface area (Å²) in [4.78, 5) is 15.7. The summed E-state index contributed by atoms with van der Waals surface area (Å²) in [5.41, 5.74) is 1.15. The molecule has 1 aliphatic heterocycles. The first-order valence-corrected chi connectivity index (χ1v) is 7.13. The lowest BCUT2D eigenvalue weighted by Crippen LogP contribution is -2.11. The highest BCUT2D eigenvalue weighted by atomic mass is 32.2. The Morgan fingerprint density at radius 2 is 2.33 bits per heavy atom. The fourth-order valence-corrected chi connectivity index (χ4v) is 3.71. The first-order chi connectivity index (χ1) is 8.77. The van der Waals surface area contributed by atoms with E-state index in [1.165, 1.54) is 12.8 Å². The fraction of sp³-hybridized carbons (Fsp3) is 0.385. The Labute approximate surface area is 109 Å². The van der Waals surface area contributed by atoms with Crippen LogP contribution in [0, 0.1) is 0 Å². The van der Waals surface area contributed by atoms with Crippen molar-refractivity contribution >= 4 is 23.2 Å². The van der Waals surface area contributed by atoms with Crippen molar-refractivity contribution in [1.82, 2.24) is 9.38 Å². The molecule has 0 bridgehead atoms. The Balaban J connectivity index is 2.14. The van der Waals surface area contributed by atoms with Crippen LogP contribution in [0.4, 0.5) is 0 Å². The van der Waals surface area contributed by atoms with Crippen molar-refractivity contribution in [2.24, 2.45) is 0 Å². The van der Waals surface area contributed by atoms with Gasteiger partial charge in [0.05, 0.1) is 17.0 Å². The highest BCUT2D eigenvalue weighted by Gasteiger charge is 2.22. The number of carbonyl (C=O) groups is 1.